The Balaban J connectivity index is 2.21. The van der Waals surface area contributed by atoms with Crippen molar-refractivity contribution in [2.75, 3.05) is 0 Å². The van der Waals surface area contributed by atoms with Gasteiger partial charge in [0.2, 0.25) is 0 Å². The molecule has 21 heavy (non-hydrogen) atoms. The Bertz CT molecular complexity index is 790. The first-order valence-corrected chi connectivity index (χ1v) is 6.48. The minimum Gasteiger partial charge on any atom is -0.323 e. The van der Waals surface area contributed by atoms with Gasteiger partial charge >= 0.3 is 6.18 Å². The number of nitrogens with zero attached hydrogens (tertiary/aromatic N) is 3. The molecule has 0 saturated carbocycles. The fourth-order valence-electron chi connectivity index (χ4n) is 2.34. The number of pyridine rings is 1. The number of halogens is 3. The van der Waals surface area contributed by atoms with E-state index in [1.807, 2.05) is 11.5 Å². The molecular formula is C15H12F3N3. The van der Waals surface area contributed by atoms with Gasteiger partial charge in [-0.2, -0.15) is 13.2 Å². The normalized spacial score (nSPS) is 12.0. The molecule has 3 nitrogen and oxygen atoms in total. The molecular weight excluding hydrogens is 279 g/mol. The Kier molecular flexibility index (Phi) is 3.16. The van der Waals surface area contributed by atoms with Gasteiger partial charge in [0.25, 0.3) is 0 Å². The van der Waals surface area contributed by atoms with Crippen LogP contribution in [0.1, 0.15) is 12.5 Å². The number of imidazole rings is 1. The molecule has 0 unspecified atom stereocenters. The highest BCUT2D eigenvalue weighted by molar-refractivity contribution is 5.79. The second-order valence-electron chi connectivity index (χ2n) is 4.62. The van der Waals surface area contributed by atoms with Crippen molar-refractivity contribution in [3.05, 3.63) is 48.3 Å². The summed E-state index contributed by atoms with van der Waals surface area (Å²) < 4.78 is 40.4. The van der Waals surface area contributed by atoms with Crippen molar-refractivity contribution in [1.29, 1.82) is 0 Å². The Morgan fingerprint density at radius 3 is 2.71 bits per heavy atom. The summed E-state index contributed by atoms with van der Waals surface area (Å²) in [6.07, 6.45) is -1.07. The molecule has 0 aliphatic carbocycles. The molecule has 108 valence electrons. The Hall–Kier alpha value is -2.37. The van der Waals surface area contributed by atoms with Crippen LogP contribution in [0, 0.1) is 0 Å². The molecule has 0 amide bonds. The lowest BCUT2D eigenvalue weighted by Crippen LogP contribution is -2.05. The zero-order chi connectivity index (χ0) is 15.0. The van der Waals surface area contributed by atoms with E-state index in [-0.39, 0.29) is 0 Å². The molecule has 2 heterocycles. The van der Waals surface area contributed by atoms with Gasteiger partial charge in [-0.1, -0.05) is 12.1 Å². The van der Waals surface area contributed by atoms with E-state index in [0.29, 0.717) is 17.9 Å². The molecule has 1 aromatic carbocycles. The first-order chi connectivity index (χ1) is 10.0. The van der Waals surface area contributed by atoms with E-state index in [0.717, 1.165) is 23.2 Å². The molecule has 0 aliphatic rings. The summed E-state index contributed by atoms with van der Waals surface area (Å²) in [7, 11) is 0. The number of fused-ring (bicyclic) bond motifs is 1. The molecule has 0 atom stereocenters. The number of aromatic nitrogens is 3. The summed E-state index contributed by atoms with van der Waals surface area (Å²) in [6, 6.07) is 6.97. The maximum atomic E-state index is 12.8. The summed E-state index contributed by atoms with van der Waals surface area (Å²) in [5.41, 5.74) is 1.31. The van der Waals surface area contributed by atoms with Gasteiger partial charge in [0.15, 0.2) is 0 Å². The van der Waals surface area contributed by atoms with E-state index in [2.05, 4.69) is 9.97 Å². The van der Waals surface area contributed by atoms with Crippen molar-refractivity contribution in [1.82, 2.24) is 14.5 Å². The summed E-state index contributed by atoms with van der Waals surface area (Å²) in [5, 5.41) is 0. The van der Waals surface area contributed by atoms with Crippen LogP contribution in [-0.2, 0) is 12.7 Å². The largest absolute Gasteiger partial charge is 0.416 e. The molecule has 0 fully saturated rings. The zero-order valence-corrected chi connectivity index (χ0v) is 11.2. The van der Waals surface area contributed by atoms with Crippen LogP contribution in [0.4, 0.5) is 13.2 Å². The van der Waals surface area contributed by atoms with Crippen LogP contribution >= 0.6 is 0 Å². The van der Waals surface area contributed by atoms with Crippen LogP contribution in [0.15, 0.2) is 42.7 Å². The number of rotatable bonds is 2. The maximum absolute atomic E-state index is 12.8. The number of benzene rings is 1. The third kappa shape index (κ3) is 2.37. The van der Waals surface area contributed by atoms with Crippen molar-refractivity contribution in [2.24, 2.45) is 0 Å². The first kappa shape index (κ1) is 13.6. The van der Waals surface area contributed by atoms with Crippen molar-refractivity contribution >= 4 is 11.0 Å². The minimum absolute atomic E-state index is 0.447. The lowest BCUT2D eigenvalue weighted by atomic mass is 10.1. The Morgan fingerprint density at radius 2 is 2.00 bits per heavy atom. The average Bonchev–Trinajstić information content (AvgIpc) is 2.85. The molecule has 0 bridgehead atoms. The fraction of sp³-hybridized carbons (Fsp3) is 0.200. The molecule has 3 rings (SSSR count). The molecule has 0 spiro atoms. The molecule has 0 radical (unpaired) electrons. The molecule has 0 saturated heterocycles. The summed E-state index contributed by atoms with van der Waals surface area (Å²) in [4.78, 5) is 8.48. The van der Waals surface area contributed by atoms with Crippen LogP contribution in [-0.4, -0.2) is 14.5 Å². The summed E-state index contributed by atoms with van der Waals surface area (Å²) >= 11 is 0. The van der Waals surface area contributed by atoms with Gasteiger partial charge in [0, 0.05) is 18.3 Å². The predicted molar refractivity (Wildman–Crippen MR) is 73.6 cm³/mol. The van der Waals surface area contributed by atoms with Crippen LogP contribution < -0.4 is 0 Å². The fourth-order valence-corrected chi connectivity index (χ4v) is 2.34. The quantitative estimate of drug-likeness (QED) is 0.710. The van der Waals surface area contributed by atoms with Gasteiger partial charge in [-0.25, -0.2) is 4.98 Å². The monoisotopic (exact) mass is 291 g/mol. The van der Waals surface area contributed by atoms with Crippen LogP contribution in [0.3, 0.4) is 0 Å². The van der Waals surface area contributed by atoms with Crippen LogP contribution in [0.25, 0.3) is 22.4 Å². The SMILES string of the molecule is CCn1c(-c2cccc(C(F)(F)F)c2)nc2ccncc21. The molecule has 0 aliphatic heterocycles. The minimum atomic E-state index is -4.36. The van der Waals surface area contributed by atoms with E-state index < -0.39 is 11.7 Å². The van der Waals surface area contributed by atoms with Gasteiger partial charge in [-0.3, -0.25) is 4.98 Å². The standard InChI is InChI=1S/C15H12F3N3/c1-2-21-13-9-19-7-6-12(13)20-14(21)10-4-3-5-11(8-10)15(16,17)18/h3-9H,2H2,1H3. The Labute approximate surface area is 119 Å². The molecule has 3 aromatic rings. The average molecular weight is 291 g/mol. The topological polar surface area (TPSA) is 30.7 Å². The van der Waals surface area contributed by atoms with Crippen LogP contribution in [0.2, 0.25) is 0 Å². The van der Waals surface area contributed by atoms with Gasteiger partial charge in [-0.05, 0) is 25.1 Å². The van der Waals surface area contributed by atoms with Crippen molar-refractivity contribution in [3.63, 3.8) is 0 Å². The molecule has 2 aromatic heterocycles. The van der Waals surface area contributed by atoms with Crippen LogP contribution in [0.5, 0.6) is 0 Å². The Morgan fingerprint density at radius 1 is 1.19 bits per heavy atom. The number of aryl methyl sites for hydroxylation is 1. The maximum Gasteiger partial charge on any atom is 0.416 e. The van der Waals surface area contributed by atoms with E-state index in [4.69, 9.17) is 0 Å². The highest BCUT2D eigenvalue weighted by Gasteiger charge is 2.30. The third-order valence-corrected chi connectivity index (χ3v) is 3.31. The summed E-state index contributed by atoms with van der Waals surface area (Å²) in [5.74, 6) is 0.520. The highest BCUT2D eigenvalue weighted by Crippen LogP contribution is 2.32. The van der Waals surface area contributed by atoms with E-state index in [1.54, 1.807) is 24.5 Å². The van der Waals surface area contributed by atoms with Crippen molar-refractivity contribution < 1.29 is 13.2 Å². The lowest BCUT2D eigenvalue weighted by molar-refractivity contribution is -0.137. The van der Waals surface area contributed by atoms with Gasteiger partial charge < -0.3 is 4.57 Å². The number of hydrogen-bond donors (Lipinski definition) is 0. The summed E-state index contributed by atoms with van der Waals surface area (Å²) in [6.45, 7) is 2.53. The first-order valence-electron chi connectivity index (χ1n) is 6.48. The van der Waals surface area contributed by atoms with Gasteiger partial charge in [0.05, 0.1) is 22.8 Å². The van der Waals surface area contributed by atoms with Crippen molar-refractivity contribution in [2.45, 2.75) is 19.6 Å². The van der Waals surface area contributed by atoms with E-state index in [1.165, 1.54) is 6.07 Å². The molecule has 0 N–H and O–H groups in total. The second kappa shape index (κ2) is 4.87. The van der Waals surface area contributed by atoms with E-state index >= 15 is 0 Å². The smallest absolute Gasteiger partial charge is 0.323 e. The van der Waals surface area contributed by atoms with E-state index in [9.17, 15) is 13.2 Å². The third-order valence-electron chi connectivity index (χ3n) is 3.31. The number of hydrogen-bond acceptors (Lipinski definition) is 2. The van der Waals surface area contributed by atoms with Gasteiger partial charge in [-0.15, -0.1) is 0 Å². The van der Waals surface area contributed by atoms with Gasteiger partial charge in [0.1, 0.15) is 5.82 Å². The second-order valence-corrected chi connectivity index (χ2v) is 4.62. The highest BCUT2D eigenvalue weighted by atomic mass is 19.4. The van der Waals surface area contributed by atoms with Crippen molar-refractivity contribution in [3.8, 4) is 11.4 Å². The lowest BCUT2D eigenvalue weighted by Gasteiger charge is -2.10. The predicted octanol–water partition coefficient (Wildman–Crippen LogP) is 4.14. The zero-order valence-electron chi connectivity index (χ0n) is 11.2. The number of alkyl halides is 3. The molecule has 6 heteroatoms.